The van der Waals surface area contributed by atoms with E-state index in [2.05, 4.69) is 0 Å². The lowest BCUT2D eigenvalue weighted by molar-refractivity contribution is 0.0154. The lowest BCUT2D eigenvalue weighted by atomic mass is 10.0. The first-order valence-electron chi connectivity index (χ1n) is 5.09. The zero-order chi connectivity index (χ0) is 13.1. The molecule has 0 heterocycles. The summed E-state index contributed by atoms with van der Waals surface area (Å²) < 4.78 is 23.0. The Hall–Kier alpha value is -0.620. The molecular formula is C11H15ClO4S. The van der Waals surface area contributed by atoms with Crippen molar-refractivity contribution in [2.45, 2.75) is 23.5 Å². The molecule has 4 nitrogen and oxygen atoms in total. The standard InChI is InChI=1S/C11H15ClO4S/c1-17(15,16)10-5-3-2-4-8(10)11(14)9(13)6-7-12/h2-5,9,11,13-14H,6-7H2,1H3. The Balaban J connectivity index is 3.14. The van der Waals surface area contributed by atoms with E-state index in [9.17, 15) is 18.6 Å². The number of halogens is 1. The third-order valence-corrected chi connectivity index (χ3v) is 3.80. The van der Waals surface area contributed by atoms with Crippen LogP contribution in [0.3, 0.4) is 0 Å². The minimum absolute atomic E-state index is 0.0288. The molecular weight excluding hydrogens is 264 g/mol. The Bertz CT molecular complexity index is 472. The van der Waals surface area contributed by atoms with Gasteiger partial charge in [-0.15, -0.1) is 11.6 Å². The zero-order valence-corrected chi connectivity index (χ0v) is 10.9. The highest BCUT2D eigenvalue weighted by Gasteiger charge is 2.23. The molecule has 96 valence electrons. The Morgan fingerprint density at radius 1 is 1.29 bits per heavy atom. The first kappa shape index (κ1) is 14.4. The highest BCUT2D eigenvalue weighted by molar-refractivity contribution is 7.90. The van der Waals surface area contributed by atoms with Gasteiger partial charge in [-0.1, -0.05) is 18.2 Å². The van der Waals surface area contributed by atoms with Gasteiger partial charge in [0, 0.05) is 17.7 Å². The van der Waals surface area contributed by atoms with E-state index in [4.69, 9.17) is 11.6 Å². The quantitative estimate of drug-likeness (QED) is 0.792. The predicted molar refractivity (Wildman–Crippen MR) is 65.9 cm³/mol. The fourth-order valence-electron chi connectivity index (χ4n) is 1.54. The molecule has 2 unspecified atom stereocenters. The molecule has 1 rings (SSSR count). The molecule has 0 saturated heterocycles. The molecule has 0 bridgehead atoms. The topological polar surface area (TPSA) is 74.6 Å². The number of aliphatic hydroxyl groups is 2. The van der Waals surface area contributed by atoms with E-state index in [0.29, 0.717) is 0 Å². The molecule has 17 heavy (non-hydrogen) atoms. The third kappa shape index (κ3) is 3.67. The Morgan fingerprint density at radius 3 is 2.41 bits per heavy atom. The van der Waals surface area contributed by atoms with Gasteiger partial charge in [0.1, 0.15) is 6.10 Å². The summed E-state index contributed by atoms with van der Waals surface area (Å²) in [6.07, 6.45) is -1.07. The first-order valence-corrected chi connectivity index (χ1v) is 7.51. The van der Waals surface area contributed by atoms with Gasteiger partial charge in [-0.05, 0) is 12.5 Å². The van der Waals surface area contributed by atoms with Gasteiger partial charge in [-0.2, -0.15) is 0 Å². The summed E-state index contributed by atoms with van der Waals surface area (Å²) in [5, 5.41) is 19.5. The second kappa shape index (κ2) is 5.82. The molecule has 6 heteroatoms. The second-order valence-corrected chi connectivity index (χ2v) is 6.16. The van der Waals surface area contributed by atoms with E-state index < -0.39 is 22.0 Å². The number of aliphatic hydroxyl groups excluding tert-OH is 2. The molecule has 0 aromatic heterocycles. The van der Waals surface area contributed by atoms with Gasteiger partial charge in [-0.3, -0.25) is 0 Å². The Labute approximate surface area is 106 Å². The predicted octanol–water partition coefficient (Wildman–Crippen LogP) is 1.11. The van der Waals surface area contributed by atoms with Gasteiger partial charge in [0.15, 0.2) is 9.84 Å². The number of hydrogen-bond acceptors (Lipinski definition) is 4. The van der Waals surface area contributed by atoms with Crippen LogP contribution in [-0.4, -0.2) is 36.9 Å². The van der Waals surface area contributed by atoms with Gasteiger partial charge < -0.3 is 10.2 Å². The van der Waals surface area contributed by atoms with Crippen molar-refractivity contribution < 1.29 is 18.6 Å². The lowest BCUT2D eigenvalue weighted by Gasteiger charge is -2.19. The van der Waals surface area contributed by atoms with E-state index in [1.54, 1.807) is 12.1 Å². The van der Waals surface area contributed by atoms with Crippen molar-refractivity contribution in [1.82, 2.24) is 0 Å². The lowest BCUT2D eigenvalue weighted by Crippen LogP contribution is -2.20. The summed E-state index contributed by atoms with van der Waals surface area (Å²) >= 11 is 5.47. The van der Waals surface area contributed by atoms with Crippen LogP contribution in [0.25, 0.3) is 0 Å². The van der Waals surface area contributed by atoms with Crippen molar-refractivity contribution in [3.63, 3.8) is 0 Å². The summed E-state index contributed by atoms with van der Waals surface area (Å²) in [6.45, 7) is 0. The number of alkyl halides is 1. The van der Waals surface area contributed by atoms with Crippen LogP contribution in [0.15, 0.2) is 29.2 Å². The van der Waals surface area contributed by atoms with Crippen molar-refractivity contribution >= 4 is 21.4 Å². The summed E-state index contributed by atoms with van der Waals surface area (Å²) in [7, 11) is -3.43. The monoisotopic (exact) mass is 278 g/mol. The van der Waals surface area contributed by atoms with Crippen molar-refractivity contribution in [3.8, 4) is 0 Å². The Kier molecular flexibility index (Phi) is 4.94. The molecule has 0 aliphatic heterocycles. The van der Waals surface area contributed by atoms with Gasteiger partial charge >= 0.3 is 0 Å². The van der Waals surface area contributed by atoms with Gasteiger partial charge in [-0.25, -0.2) is 8.42 Å². The molecule has 2 atom stereocenters. The molecule has 0 fully saturated rings. The maximum Gasteiger partial charge on any atom is 0.175 e. The van der Waals surface area contributed by atoms with Gasteiger partial charge in [0.25, 0.3) is 0 Å². The van der Waals surface area contributed by atoms with Crippen LogP contribution in [0.1, 0.15) is 18.1 Å². The molecule has 0 radical (unpaired) electrons. The van der Waals surface area contributed by atoms with Crippen LogP contribution < -0.4 is 0 Å². The fourth-order valence-corrected chi connectivity index (χ4v) is 2.71. The number of sulfone groups is 1. The second-order valence-electron chi connectivity index (χ2n) is 3.80. The van der Waals surface area contributed by atoms with Gasteiger partial charge in [0.05, 0.1) is 11.0 Å². The molecule has 1 aromatic carbocycles. The molecule has 0 spiro atoms. The summed E-state index contributed by atoms with van der Waals surface area (Å²) in [4.78, 5) is 0.0288. The van der Waals surface area contributed by atoms with E-state index in [1.807, 2.05) is 0 Å². The summed E-state index contributed by atoms with van der Waals surface area (Å²) in [6, 6.07) is 6.07. The SMILES string of the molecule is CS(=O)(=O)c1ccccc1C(O)C(O)CCCl. The highest BCUT2D eigenvalue weighted by Crippen LogP contribution is 2.26. The molecule has 0 saturated carbocycles. The largest absolute Gasteiger partial charge is 0.390 e. The highest BCUT2D eigenvalue weighted by atomic mass is 35.5. The normalized spacial score (nSPS) is 15.5. The molecule has 0 aliphatic carbocycles. The molecule has 1 aromatic rings. The van der Waals surface area contributed by atoms with E-state index in [0.717, 1.165) is 6.26 Å². The summed E-state index contributed by atoms with van der Waals surface area (Å²) in [5.41, 5.74) is 0.201. The number of hydrogen-bond donors (Lipinski definition) is 2. The smallest absolute Gasteiger partial charge is 0.175 e. The van der Waals surface area contributed by atoms with Gasteiger partial charge in [0.2, 0.25) is 0 Å². The van der Waals surface area contributed by atoms with E-state index >= 15 is 0 Å². The van der Waals surface area contributed by atoms with Crippen molar-refractivity contribution in [2.75, 3.05) is 12.1 Å². The first-order chi connectivity index (χ1) is 7.88. The van der Waals surface area contributed by atoms with Crippen LogP contribution in [0.5, 0.6) is 0 Å². The number of rotatable bonds is 5. The fraction of sp³-hybridized carbons (Fsp3) is 0.455. The van der Waals surface area contributed by atoms with Crippen LogP contribution in [0, 0.1) is 0 Å². The maximum absolute atomic E-state index is 11.5. The van der Waals surface area contributed by atoms with Crippen LogP contribution in [0.2, 0.25) is 0 Å². The van der Waals surface area contributed by atoms with Crippen molar-refractivity contribution in [3.05, 3.63) is 29.8 Å². The average Bonchev–Trinajstić information content (AvgIpc) is 2.27. The van der Waals surface area contributed by atoms with Crippen LogP contribution in [0.4, 0.5) is 0 Å². The average molecular weight is 279 g/mol. The molecule has 0 amide bonds. The van der Waals surface area contributed by atoms with Crippen molar-refractivity contribution in [2.24, 2.45) is 0 Å². The van der Waals surface area contributed by atoms with Crippen LogP contribution >= 0.6 is 11.6 Å². The minimum Gasteiger partial charge on any atom is -0.390 e. The number of benzene rings is 1. The third-order valence-electron chi connectivity index (χ3n) is 2.41. The van der Waals surface area contributed by atoms with Crippen molar-refractivity contribution in [1.29, 1.82) is 0 Å². The minimum atomic E-state index is -3.43. The molecule has 2 N–H and O–H groups in total. The summed E-state index contributed by atoms with van der Waals surface area (Å²) in [5.74, 6) is 0.194. The maximum atomic E-state index is 11.5. The molecule has 0 aliphatic rings. The van der Waals surface area contributed by atoms with E-state index in [-0.39, 0.29) is 22.8 Å². The Morgan fingerprint density at radius 2 is 1.88 bits per heavy atom. The van der Waals surface area contributed by atoms with Crippen LogP contribution in [-0.2, 0) is 9.84 Å². The van der Waals surface area contributed by atoms with E-state index in [1.165, 1.54) is 12.1 Å². The zero-order valence-electron chi connectivity index (χ0n) is 9.38.